The van der Waals surface area contributed by atoms with E-state index >= 15 is 0 Å². The van der Waals surface area contributed by atoms with Crippen LogP contribution in [0, 0.1) is 5.92 Å². The summed E-state index contributed by atoms with van der Waals surface area (Å²) in [5.74, 6) is 0.786. The van der Waals surface area contributed by atoms with Crippen molar-refractivity contribution in [1.29, 1.82) is 0 Å². The number of hydrogen-bond acceptors (Lipinski definition) is 4. The van der Waals surface area contributed by atoms with Gasteiger partial charge in [0, 0.05) is 6.54 Å². The molecule has 0 radical (unpaired) electrons. The van der Waals surface area contributed by atoms with Crippen molar-refractivity contribution in [1.82, 2.24) is 8.75 Å². The fourth-order valence-corrected chi connectivity index (χ4v) is 2.79. The van der Waals surface area contributed by atoms with Crippen molar-refractivity contribution in [2.75, 3.05) is 11.9 Å². The van der Waals surface area contributed by atoms with E-state index in [1.165, 1.54) is 12.8 Å². The van der Waals surface area contributed by atoms with Crippen LogP contribution in [0.3, 0.4) is 0 Å². The van der Waals surface area contributed by atoms with Gasteiger partial charge in [0.2, 0.25) is 0 Å². The quantitative estimate of drug-likeness (QED) is 0.924. The molecule has 16 heavy (non-hydrogen) atoms. The fourth-order valence-electron chi connectivity index (χ4n) is 1.61. The monoisotopic (exact) mass is 273 g/mol. The predicted octanol–water partition coefficient (Wildman–Crippen LogP) is 3.82. The molecule has 6 heteroatoms. The average molecular weight is 274 g/mol. The summed E-state index contributed by atoms with van der Waals surface area (Å²) in [6, 6.07) is 1.72. The van der Waals surface area contributed by atoms with Crippen LogP contribution in [0.1, 0.15) is 12.8 Å². The highest BCUT2D eigenvalue weighted by Gasteiger charge is 2.22. The Morgan fingerprint density at radius 2 is 2.00 bits per heavy atom. The minimum atomic E-state index is 0.561. The number of benzene rings is 1. The zero-order valence-corrected chi connectivity index (χ0v) is 10.7. The molecular weight excluding hydrogens is 265 g/mol. The van der Waals surface area contributed by atoms with Crippen LogP contribution in [-0.4, -0.2) is 15.3 Å². The zero-order chi connectivity index (χ0) is 11.1. The molecule has 1 aromatic heterocycles. The molecule has 0 aliphatic heterocycles. The Bertz CT molecular complexity index is 536. The first-order chi connectivity index (χ1) is 7.75. The summed E-state index contributed by atoms with van der Waals surface area (Å²) in [6.07, 6.45) is 2.60. The second kappa shape index (κ2) is 4.02. The molecule has 1 fully saturated rings. The molecule has 1 heterocycles. The van der Waals surface area contributed by atoms with E-state index in [1.807, 2.05) is 0 Å². The third-order valence-corrected chi connectivity index (χ3v) is 3.82. The van der Waals surface area contributed by atoms with Crippen LogP contribution in [0.4, 0.5) is 5.69 Å². The van der Waals surface area contributed by atoms with Gasteiger partial charge in [0.15, 0.2) is 0 Å². The maximum atomic E-state index is 6.16. The molecule has 2 aromatic rings. The van der Waals surface area contributed by atoms with Crippen LogP contribution >= 0.6 is 34.9 Å². The molecule has 1 aliphatic carbocycles. The smallest absolute Gasteiger partial charge is 0.130 e. The molecule has 0 bridgehead atoms. The molecular formula is C10H9Cl2N3S. The van der Waals surface area contributed by atoms with E-state index < -0.39 is 0 Å². The summed E-state index contributed by atoms with van der Waals surface area (Å²) >= 11 is 13.4. The summed E-state index contributed by atoms with van der Waals surface area (Å²) in [4.78, 5) is 0. The van der Waals surface area contributed by atoms with Crippen LogP contribution in [0.25, 0.3) is 11.0 Å². The minimum absolute atomic E-state index is 0.561. The SMILES string of the molecule is Clc1cc(Cl)c2nsnc2c1NCC1CC1. The van der Waals surface area contributed by atoms with Gasteiger partial charge in [-0.15, -0.1) is 0 Å². The van der Waals surface area contributed by atoms with Gasteiger partial charge in [-0.25, -0.2) is 0 Å². The second-order valence-electron chi connectivity index (χ2n) is 4.00. The van der Waals surface area contributed by atoms with Gasteiger partial charge in [-0.3, -0.25) is 0 Å². The maximum Gasteiger partial charge on any atom is 0.130 e. The molecule has 3 rings (SSSR count). The maximum absolute atomic E-state index is 6.16. The Morgan fingerprint density at radius 1 is 1.25 bits per heavy atom. The van der Waals surface area contributed by atoms with Crippen molar-refractivity contribution < 1.29 is 0 Å². The third-order valence-electron chi connectivity index (χ3n) is 2.71. The number of halogens is 2. The number of aromatic nitrogens is 2. The van der Waals surface area contributed by atoms with Gasteiger partial charge in [0.1, 0.15) is 11.0 Å². The van der Waals surface area contributed by atoms with Gasteiger partial charge in [-0.05, 0) is 24.8 Å². The largest absolute Gasteiger partial charge is 0.382 e. The number of anilines is 1. The Balaban J connectivity index is 2.02. The predicted molar refractivity (Wildman–Crippen MR) is 68.6 cm³/mol. The Hall–Kier alpha value is -0.580. The molecule has 1 N–H and O–H groups in total. The molecule has 1 saturated carbocycles. The number of rotatable bonds is 3. The molecule has 0 spiro atoms. The lowest BCUT2D eigenvalue weighted by Gasteiger charge is -2.08. The van der Waals surface area contributed by atoms with E-state index in [1.54, 1.807) is 6.07 Å². The summed E-state index contributed by atoms with van der Waals surface area (Å²) < 4.78 is 8.40. The lowest BCUT2D eigenvalue weighted by Crippen LogP contribution is -2.04. The minimum Gasteiger partial charge on any atom is -0.382 e. The number of nitrogens with zero attached hydrogens (tertiary/aromatic N) is 2. The van der Waals surface area contributed by atoms with Gasteiger partial charge in [0.05, 0.1) is 27.5 Å². The summed E-state index contributed by atoms with van der Waals surface area (Å²) in [7, 11) is 0. The topological polar surface area (TPSA) is 37.8 Å². The lowest BCUT2D eigenvalue weighted by atomic mass is 10.2. The van der Waals surface area contributed by atoms with E-state index in [9.17, 15) is 0 Å². The number of fused-ring (bicyclic) bond motifs is 1. The van der Waals surface area contributed by atoms with E-state index in [4.69, 9.17) is 23.2 Å². The molecule has 1 aliphatic rings. The van der Waals surface area contributed by atoms with Gasteiger partial charge in [-0.2, -0.15) is 8.75 Å². The first kappa shape index (κ1) is 10.6. The van der Waals surface area contributed by atoms with Crippen molar-refractivity contribution in [2.24, 2.45) is 5.92 Å². The molecule has 0 amide bonds. The first-order valence-corrected chi connectivity index (χ1v) is 6.58. The van der Waals surface area contributed by atoms with E-state index in [2.05, 4.69) is 14.1 Å². The van der Waals surface area contributed by atoms with Crippen molar-refractivity contribution >= 4 is 51.7 Å². The molecule has 3 nitrogen and oxygen atoms in total. The van der Waals surface area contributed by atoms with E-state index in [-0.39, 0.29) is 0 Å². The lowest BCUT2D eigenvalue weighted by molar-refractivity contribution is 0.890. The number of nitrogens with one attached hydrogen (secondary N) is 1. The van der Waals surface area contributed by atoms with Crippen LogP contribution < -0.4 is 5.32 Å². The highest BCUT2D eigenvalue weighted by molar-refractivity contribution is 7.00. The molecule has 0 saturated heterocycles. The normalized spacial score (nSPS) is 15.6. The van der Waals surface area contributed by atoms with E-state index in [0.717, 1.165) is 40.9 Å². The average Bonchev–Trinajstić information content (AvgIpc) is 2.93. The van der Waals surface area contributed by atoms with Crippen LogP contribution in [0.5, 0.6) is 0 Å². The molecule has 0 unspecified atom stereocenters. The summed E-state index contributed by atoms with van der Waals surface area (Å²) in [6.45, 7) is 0.952. The Kier molecular flexibility index (Phi) is 2.65. The van der Waals surface area contributed by atoms with Crippen molar-refractivity contribution in [2.45, 2.75) is 12.8 Å². The Morgan fingerprint density at radius 3 is 2.75 bits per heavy atom. The highest BCUT2D eigenvalue weighted by atomic mass is 35.5. The molecule has 84 valence electrons. The zero-order valence-electron chi connectivity index (χ0n) is 8.33. The summed E-state index contributed by atoms with van der Waals surface area (Å²) in [5, 5.41) is 4.52. The first-order valence-electron chi connectivity index (χ1n) is 5.10. The van der Waals surface area contributed by atoms with Crippen LogP contribution in [0.15, 0.2) is 6.07 Å². The van der Waals surface area contributed by atoms with Crippen LogP contribution in [0.2, 0.25) is 10.0 Å². The highest BCUT2D eigenvalue weighted by Crippen LogP contribution is 2.36. The number of hydrogen-bond donors (Lipinski definition) is 1. The van der Waals surface area contributed by atoms with E-state index in [0.29, 0.717) is 10.0 Å². The van der Waals surface area contributed by atoms with Crippen molar-refractivity contribution in [3.05, 3.63) is 16.1 Å². The third kappa shape index (κ3) is 1.85. The standard InChI is InChI=1S/C10H9Cl2N3S/c11-6-3-7(12)9-10(15-16-14-9)8(6)13-4-5-1-2-5/h3,5,13H,1-2,4H2. The van der Waals surface area contributed by atoms with Crippen molar-refractivity contribution in [3.8, 4) is 0 Å². The van der Waals surface area contributed by atoms with Crippen LogP contribution in [-0.2, 0) is 0 Å². The second-order valence-corrected chi connectivity index (χ2v) is 5.34. The van der Waals surface area contributed by atoms with Gasteiger partial charge >= 0.3 is 0 Å². The fraction of sp³-hybridized carbons (Fsp3) is 0.400. The van der Waals surface area contributed by atoms with Gasteiger partial charge in [0.25, 0.3) is 0 Å². The summed E-state index contributed by atoms with van der Waals surface area (Å²) in [5.41, 5.74) is 2.37. The van der Waals surface area contributed by atoms with Gasteiger partial charge < -0.3 is 5.32 Å². The Labute approximate surface area is 107 Å². The molecule has 1 aromatic carbocycles. The molecule has 0 atom stereocenters. The van der Waals surface area contributed by atoms with Gasteiger partial charge in [-0.1, -0.05) is 23.2 Å². The van der Waals surface area contributed by atoms with Crippen molar-refractivity contribution in [3.63, 3.8) is 0 Å².